The second-order valence-corrected chi connectivity index (χ2v) is 10.3. The second-order valence-electron chi connectivity index (χ2n) is 10.3. The fraction of sp³-hybridized carbons (Fsp3) is 0.520. The highest BCUT2D eigenvalue weighted by Gasteiger charge is 2.56. The molecule has 3 fully saturated rings. The number of pyridine rings is 2. The standard InChI is InChI=1S/C25H25F4N7/c1-10(5-6-30)21-18-23(17-14-8-32-9-15(14)17)35-36(12-3-4-12)24(18)20(26)22(34-21)13-7-16(31)33-11(2)19(13)25(27,28)29/h7,10,12,14-15,17,32H,3-5,8-9H2,1-2H3,(H2,31,33)/t10?,14-,15+,17?. The average molecular weight is 500 g/mol. The van der Waals surface area contributed by atoms with Gasteiger partial charge in [0.2, 0.25) is 0 Å². The Hall–Kier alpha value is -3.26. The van der Waals surface area contributed by atoms with E-state index in [2.05, 4.69) is 21.4 Å². The molecule has 2 saturated carbocycles. The number of hydrogen-bond donors (Lipinski definition) is 2. The summed E-state index contributed by atoms with van der Waals surface area (Å²) < 4.78 is 60.4. The van der Waals surface area contributed by atoms with Crippen LogP contribution in [0.3, 0.4) is 0 Å². The number of nitriles is 1. The minimum absolute atomic E-state index is 0.00632. The van der Waals surface area contributed by atoms with Gasteiger partial charge in [-0.2, -0.15) is 23.5 Å². The fourth-order valence-corrected chi connectivity index (χ4v) is 5.90. The fourth-order valence-electron chi connectivity index (χ4n) is 5.90. The molecule has 4 heterocycles. The molecule has 3 aromatic heterocycles. The maximum atomic E-state index is 16.4. The number of hydrogen-bond acceptors (Lipinski definition) is 6. The van der Waals surface area contributed by atoms with Crippen molar-refractivity contribution in [3.8, 4) is 17.3 Å². The molecule has 6 rings (SSSR count). The van der Waals surface area contributed by atoms with Crippen molar-refractivity contribution in [1.29, 1.82) is 5.26 Å². The van der Waals surface area contributed by atoms with E-state index in [9.17, 15) is 18.4 Å². The van der Waals surface area contributed by atoms with Gasteiger partial charge >= 0.3 is 6.18 Å². The molecule has 1 aliphatic heterocycles. The Morgan fingerprint density at radius 3 is 2.56 bits per heavy atom. The van der Waals surface area contributed by atoms with E-state index >= 15 is 4.39 Å². The lowest BCUT2D eigenvalue weighted by Gasteiger charge is -2.19. The third kappa shape index (κ3) is 3.45. The van der Waals surface area contributed by atoms with Crippen LogP contribution in [0.4, 0.5) is 23.4 Å². The summed E-state index contributed by atoms with van der Waals surface area (Å²) in [5.74, 6) is -0.479. The molecule has 0 bridgehead atoms. The molecule has 0 spiro atoms. The van der Waals surface area contributed by atoms with Crippen LogP contribution in [0.1, 0.15) is 66.7 Å². The van der Waals surface area contributed by atoms with Gasteiger partial charge in [0.1, 0.15) is 17.0 Å². The number of anilines is 1. The lowest BCUT2D eigenvalue weighted by atomic mass is 9.94. The highest BCUT2D eigenvalue weighted by molar-refractivity contribution is 5.90. The third-order valence-corrected chi connectivity index (χ3v) is 7.76. The van der Waals surface area contributed by atoms with Gasteiger partial charge in [0.25, 0.3) is 0 Å². The molecule has 11 heteroatoms. The number of alkyl halides is 3. The van der Waals surface area contributed by atoms with Crippen molar-refractivity contribution in [3.05, 3.63) is 34.5 Å². The number of nitrogens with two attached hydrogens (primary N) is 1. The van der Waals surface area contributed by atoms with Crippen LogP contribution in [0.15, 0.2) is 6.07 Å². The highest BCUT2D eigenvalue weighted by Crippen LogP contribution is 2.58. The first-order valence-electron chi connectivity index (χ1n) is 12.2. The van der Waals surface area contributed by atoms with Gasteiger partial charge in [-0.25, -0.2) is 14.4 Å². The molecule has 2 unspecified atom stereocenters. The zero-order valence-electron chi connectivity index (χ0n) is 19.8. The molecule has 188 valence electrons. The van der Waals surface area contributed by atoms with Crippen molar-refractivity contribution in [1.82, 2.24) is 25.1 Å². The van der Waals surface area contributed by atoms with E-state index in [1.54, 1.807) is 11.6 Å². The van der Waals surface area contributed by atoms with Crippen LogP contribution in [0.2, 0.25) is 0 Å². The summed E-state index contributed by atoms with van der Waals surface area (Å²) >= 11 is 0. The topological polar surface area (TPSA) is 105 Å². The number of aromatic nitrogens is 4. The van der Waals surface area contributed by atoms with Crippen LogP contribution in [0.25, 0.3) is 22.2 Å². The molecule has 0 aromatic carbocycles. The van der Waals surface area contributed by atoms with Gasteiger partial charge in [0.05, 0.1) is 34.8 Å². The molecule has 36 heavy (non-hydrogen) atoms. The summed E-state index contributed by atoms with van der Waals surface area (Å²) in [7, 11) is 0. The molecule has 3 N–H and O–H groups in total. The van der Waals surface area contributed by atoms with Gasteiger partial charge in [-0.1, -0.05) is 6.92 Å². The predicted molar refractivity (Wildman–Crippen MR) is 124 cm³/mol. The van der Waals surface area contributed by atoms with Crippen molar-refractivity contribution in [2.24, 2.45) is 11.8 Å². The smallest absolute Gasteiger partial charge is 0.384 e. The molecular formula is C25H25F4N7. The molecule has 0 amide bonds. The van der Waals surface area contributed by atoms with Gasteiger partial charge < -0.3 is 11.1 Å². The van der Waals surface area contributed by atoms with Gasteiger partial charge in [-0.15, -0.1) is 0 Å². The quantitative estimate of drug-likeness (QED) is 0.488. The van der Waals surface area contributed by atoms with Crippen LogP contribution >= 0.6 is 0 Å². The highest BCUT2D eigenvalue weighted by atomic mass is 19.4. The van der Waals surface area contributed by atoms with Gasteiger partial charge in [-0.3, -0.25) is 4.68 Å². The van der Waals surface area contributed by atoms with E-state index in [1.165, 1.54) is 6.92 Å². The van der Waals surface area contributed by atoms with E-state index in [4.69, 9.17) is 10.8 Å². The van der Waals surface area contributed by atoms with Crippen molar-refractivity contribution in [3.63, 3.8) is 0 Å². The first-order chi connectivity index (χ1) is 17.1. The SMILES string of the molecule is Cc1nc(N)cc(-c2nc(C(C)CC#N)c3c(C4[C@H]5CNC[C@@H]45)nn(C4CC4)c3c2F)c1C(F)(F)F. The van der Waals surface area contributed by atoms with E-state index < -0.39 is 34.7 Å². The van der Waals surface area contributed by atoms with Crippen LogP contribution in [0.5, 0.6) is 0 Å². The third-order valence-electron chi connectivity index (χ3n) is 7.76. The molecule has 3 aliphatic rings. The predicted octanol–water partition coefficient (Wildman–Crippen LogP) is 4.83. The van der Waals surface area contributed by atoms with Gasteiger partial charge in [-0.05, 0) is 50.8 Å². The van der Waals surface area contributed by atoms with Crippen molar-refractivity contribution < 1.29 is 17.6 Å². The Morgan fingerprint density at radius 2 is 1.94 bits per heavy atom. The maximum Gasteiger partial charge on any atom is 0.418 e. The Labute approximate surface area is 204 Å². The van der Waals surface area contributed by atoms with Crippen molar-refractivity contribution in [2.75, 3.05) is 18.8 Å². The Morgan fingerprint density at radius 1 is 1.25 bits per heavy atom. The normalized spacial score (nSPS) is 24.1. The Kier molecular flexibility index (Phi) is 5.06. The molecular weight excluding hydrogens is 474 g/mol. The number of aryl methyl sites for hydroxylation is 1. The first-order valence-corrected chi connectivity index (χ1v) is 12.2. The number of fused-ring (bicyclic) bond motifs is 2. The number of rotatable bonds is 5. The summed E-state index contributed by atoms with van der Waals surface area (Å²) in [6.07, 6.45) is -3.05. The summed E-state index contributed by atoms with van der Waals surface area (Å²) in [6, 6.07) is 3.15. The molecule has 1 saturated heterocycles. The largest absolute Gasteiger partial charge is 0.418 e. The van der Waals surface area contributed by atoms with Gasteiger partial charge in [0, 0.05) is 29.2 Å². The van der Waals surface area contributed by atoms with E-state index in [0.29, 0.717) is 22.9 Å². The minimum Gasteiger partial charge on any atom is -0.384 e. The Balaban J connectivity index is 1.68. The van der Waals surface area contributed by atoms with Crippen molar-refractivity contribution >= 4 is 16.7 Å². The van der Waals surface area contributed by atoms with Crippen LogP contribution < -0.4 is 11.1 Å². The lowest BCUT2D eigenvalue weighted by Crippen LogP contribution is -2.15. The number of nitrogens with zero attached hydrogens (tertiary/aromatic N) is 5. The number of nitrogens with one attached hydrogen (secondary N) is 1. The number of piperidine rings is 1. The summed E-state index contributed by atoms with van der Waals surface area (Å²) in [5.41, 5.74) is 4.86. The van der Waals surface area contributed by atoms with E-state index in [0.717, 1.165) is 37.7 Å². The van der Waals surface area contributed by atoms with Gasteiger partial charge in [0.15, 0.2) is 5.82 Å². The zero-order chi connectivity index (χ0) is 25.5. The summed E-state index contributed by atoms with van der Waals surface area (Å²) in [6.45, 7) is 4.70. The van der Waals surface area contributed by atoms with Crippen molar-refractivity contribution in [2.45, 2.75) is 57.2 Å². The molecule has 4 atom stereocenters. The Bertz CT molecular complexity index is 1420. The van der Waals surface area contributed by atoms with E-state index in [-0.39, 0.29) is 35.4 Å². The second kappa shape index (κ2) is 7.87. The average Bonchev–Trinajstić information content (AvgIpc) is 3.67. The first kappa shape index (κ1) is 23.2. The molecule has 2 aliphatic carbocycles. The number of halogens is 4. The molecule has 7 nitrogen and oxygen atoms in total. The monoisotopic (exact) mass is 499 g/mol. The van der Waals surface area contributed by atoms with Crippen LogP contribution in [-0.4, -0.2) is 32.8 Å². The summed E-state index contributed by atoms with van der Waals surface area (Å²) in [4.78, 5) is 8.30. The number of nitrogen functional groups attached to an aromatic ring is 1. The van der Waals surface area contributed by atoms with Crippen LogP contribution in [0, 0.1) is 35.9 Å². The molecule has 3 aromatic rings. The zero-order valence-corrected chi connectivity index (χ0v) is 19.8. The maximum absolute atomic E-state index is 16.4. The minimum atomic E-state index is -4.79. The molecule has 0 radical (unpaired) electrons. The van der Waals surface area contributed by atoms with E-state index in [1.807, 2.05) is 0 Å². The van der Waals surface area contributed by atoms with Crippen LogP contribution in [-0.2, 0) is 6.18 Å². The lowest BCUT2D eigenvalue weighted by molar-refractivity contribution is -0.137. The summed E-state index contributed by atoms with van der Waals surface area (Å²) in [5, 5.41) is 18.2.